The number of sulfonamides is 4. The highest BCUT2D eigenvalue weighted by molar-refractivity contribution is 7.90. The van der Waals surface area contributed by atoms with Gasteiger partial charge >= 0.3 is 0 Å². The van der Waals surface area contributed by atoms with E-state index in [-0.39, 0.29) is 117 Å². The Morgan fingerprint density at radius 1 is 0.324 bits per heavy atom. The SMILES string of the molecule is COC[C@@H]1[C@@H](c2ccc(-c3cccc(C)c3C)cc2)C2CN(S(=O)(=O)c3c(C)noc3C)CCCCN21.COC[C@@H]1[C@@H](c2ccc(-c3cccc(C)c3C)cc2)C2CN(S(=O)(=O)c3ccnn3C(C)C)CCCCN21.Cc1cccc(-c2ccc([C@H]3C4CN(S(=O)(=O)c5c(C)noc5C)CCCCN4[C@@H]3CO)cc2)c1C.Cc1cccc(-c2ccc([C@H]3C4CN(S(=O)(=O)c5ccnn5C(C)C)CCCCN4[C@@H]3CO)cc2)c1C. The molecule has 0 amide bonds. The Kier molecular flexibility index (Phi) is 34.1. The van der Waals surface area contributed by atoms with Gasteiger partial charge in [-0.1, -0.05) is 180 Å². The van der Waals surface area contributed by atoms with Crippen LogP contribution in [0.2, 0.25) is 0 Å². The zero-order chi connectivity index (χ0) is 105. The zero-order valence-electron chi connectivity index (χ0n) is 89.2. The van der Waals surface area contributed by atoms with Crippen LogP contribution in [0.25, 0.3) is 44.5 Å². The topological polar surface area (TPSA) is 309 Å². The first kappa shape index (κ1) is 109. The van der Waals surface area contributed by atoms with E-state index in [4.69, 9.17) is 18.5 Å². The Balaban J connectivity index is 0.000000135. The van der Waals surface area contributed by atoms with Gasteiger partial charge in [-0.15, -0.1) is 0 Å². The molecular formula is C116H150N14O14S4. The molecule has 0 aliphatic carbocycles. The number of ether oxygens (including phenoxy) is 2. The minimum atomic E-state index is -3.74. The molecule has 28 nitrogen and oxygen atoms in total. The van der Waals surface area contributed by atoms with Crippen LogP contribution in [-0.2, 0) is 49.6 Å². The fourth-order valence-corrected chi connectivity index (χ4v) is 31.6. The highest BCUT2D eigenvalue weighted by atomic mass is 32.2. The van der Waals surface area contributed by atoms with Crippen LogP contribution in [-0.4, -0.2) is 278 Å². The number of benzene rings is 8. The number of rotatable bonds is 24. The van der Waals surface area contributed by atoms with Crippen LogP contribution in [0.15, 0.2) is 223 Å². The third-order valence-electron chi connectivity index (χ3n) is 33.1. The van der Waals surface area contributed by atoms with E-state index in [0.29, 0.717) is 88.5 Å². The average Bonchev–Trinajstić information content (AvgIpc) is 0.991. The predicted molar refractivity (Wildman–Crippen MR) is 581 cm³/mol. The van der Waals surface area contributed by atoms with Crippen LogP contribution in [0.5, 0.6) is 0 Å². The van der Waals surface area contributed by atoms with Crippen molar-refractivity contribution in [3.05, 3.63) is 284 Å². The first-order valence-electron chi connectivity index (χ1n) is 52.8. The molecule has 8 aliphatic rings. The summed E-state index contributed by atoms with van der Waals surface area (Å²) in [5.41, 5.74) is 25.5. The van der Waals surface area contributed by atoms with Crippen LogP contribution < -0.4 is 0 Å². The van der Waals surface area contributed by atoms with Crippen molar-refractivity contribution in [2.45, 2.75) is 266 Å². The Bertz CT molecular complexity index is 7080. The third kappa shape index (κ3) is 21.7. The van der Waals surface area contributed by atoms with E-state index < -0.39 is 40.1 Å². The monoisotopic (exact) mass is 2090 g/mol. The molecule has 148 heavy (non-hydrogen) atoms. The number of aliphatic hydroxyl groups is 2. The van der Waals surface area contributed by atoms with Gasteiger partial charge in [0.2, 0.25) is 20.0 Å². The van der Waals surface area contributed by atoms with E-state index in [0.717, 1.165) is 94.2 Å². The molecule has 12 atom stereocenters. The number of aryl methyl sites for hydroxylation is 8. The third-order valence-corrected chi connectivity index (χ3v) is 41.0. The molecule has 0 saturated carbocycles. The van der Waals surface area contributed by atoms with Crippen molar-refractivity contribution in [1.82, 2.24) is 66.7 Å². The summed E-state index contributed by atoms with van der Waals surface area (Å²) in [6.45, 7) is 40.4. The Hall–Kier alpha value is -10.1. The number of hydrogen-bond acceptors (Lipinski definition) is 22. The summed E-state index contributed by atoms with van der Waals surface area (Å²) in [7, 11) is -11.3. The molecule has 792 valence electrons. The minimum Gasteiger partial charge on any atom is -0.395 e. The van der Waals surface area contributed by atoms with Crippen LogP contribution in [0.1, 0.15) is 204 Å². The lowest BCUT2D eigenvalue weighted by atomic mass is 9.74. The smallest absolute Gasteiger partial charge is 0.260 e. The lowest BCUT2D eigenvalue weighted by Gasteiger charge is -2.57. The maximum absolute atomic E-state index is 13.8. The highest BCUT2D eigenvalue weighted by Gasteiger charge is 2.56. The summed E-state index contributed by atoms with van der Waals surface area (Å²) >= 11 is 0. The van der Waals surface area contributed by atoms with Crippen LogP contribution >= 0.6 is 0 Å². The van der Waals surface area contributed by atoms with E-state index in [1.165, 1.54) is 94.6 Å². The second-order valence-corrected chi connectivity index (χ2v) is 49.9. The lowest BCUT2D eigenvalue weighted by Crippen LogP contribution is -2.68. The van der Waals surface area contributed by atoms with Crippen molar-refractivity contribution in [3.63, 3.8) is 0 Å². The van der Waals surface area contributed by atoms with Gasteiger partial charge in [-0.25, -0.2) is 33.7 Å². The van der Waals surface area contributed by atoms with Gasteiger partial charge in [-0.2, -0.15) is 27.4 Å². The molecule has 32 heteroatoms. The van der Waals surface area contributed by atoms with Crippen LogP contribution in [0.4, 0.5) is 0 Å². The molecule has 4 unspecified atom stereocenters. The number of methoxy groups -OCH3 is 2. The average molecular weight is 2090 g/mol. The Morgan fingerprint density at radius 2 is 0.568 bits per heavy atom. The van der Waals surface area contributed by atoms with E-state index >= 15 is 0 Å². The number of aromatic nitrogens is 6. The van der Waals surface area contributed by atoms with Crippen molar-refractivity contribution in [1.29, 1.82) is 0 Å². The molecule has 20 rings (SSSR count). The molecule has 0 spiro atoms. The van der Waals surface area contributed by atoms with Gasteiger partial charge in [0, 0.05) is 151 Å². The fraction of sp³-hybridized carbons (Fsp3) is 0.483. The molecule has 12 aromatic rings. The highest BCUT2D eigenvalue weighted by Crippen LogP contribution is 2.50. The molecule has 2 N–H and O–H groups in total. The van der Waals surface area contributed by atoms with Crippen molar-refractivity contribution >= 4 is 40.1 Å². The van der Waals surface area contributed by atoms with Gasteiger partial charge in [-0.3, -0.25) is 29.0 Å². The van der Waals surface area contributed by atoms with Gasteiger partial charge in [0.05, 0.1) is 38.8 Å². The number of fused-ring (bicyclic) bond motifs is 4. The lowest BCUT2D eigenvalue weighted by molar-refractivity contribution is -0.0635. The molecule has 0 bridgehead atoms. The zero-order valence-corrected chi connectivity index (χ0v) is 92.5. The first-order valence-corrected chi connectivity index (χ1v) is 58.5. The van der Waals surface area contributed by atoms with Gasteiger partial charge in [0.15, 0.2) is 21.6 Å². The quantitative estimate of drug-likeness (QED) is 0.0568. The van der Waals surface area contributed by atoms with Crippen molar-refractivity contribution < 1.29 is 62.4 Å². The molecule has 8 fully saturated rings. The number of aliphatic hydroxyl groups excluding tert-OH is 2. The van der Waals surface area contributed by atoms with Gasteiger partial charge < -0.3 is 28.7 Å². The second-order valence-electron chi connectivity index (χ2n) is 42.3. The first-order chi connectivity index (χ1) is 70.9. The normalized spacial score (nSPS) is 23.3. The van der Waals surface area contributed by atoms with Gasteiger partial charge in [0.25, 0.3) is 20.0 Å². The van der Waals surface area contributed by atoms with Crippen LogP contribution in [0.3, 0.4) is 0 Å². The molecular weight excluding hydrogens is 1940 g/mol. The largest absolute Gasteiger partial charge is 0.395 e. The summed E-state index contributed by atoms with van der Waals surface area (Å²) in [6, 6.07) is 64.3. The Labute approximate surface area is 877 Å². The minimum absolute atomic E-state index is 0.000372. The molecule has 8 saturated heterocycles. The maximum atomic E-state index is 13.8. The van der Waals surface area contributed by atoms with Crippen molar-refractivity contribution in [2.75, 3.05) is 119 Å². The van der Waals surface area contributed by atoms with E-state index in [1.807, 2.05) is 27.7 Å². The van der Waals surface area contributed by atoms with Gasteiger partial charge in [-0.05, 0) is 312 Å². The number of nitrogens with zero attached hydrogens (tertiary/aromatic N) is 14. The number of hydrogen-bond donors (Lipinski definition) is 2. The maximum Gasteiger partial charge on any atom is 0.260 e. The fourth-order valence-electron chi connectivity index (χ4n) is 24.6. The van der Waals surface area contributed by atoms with E-state index in [1.54, 1.807) is 93.0 Å². The summed E-state index contributed by atoms with van der Waals surface area (Å²) in [6.07, 6.45) is 10.1. The van der Waals surface area contributed by atoms with Crippen molar-refractivity contribution in [3.8, 4) is 44.5 Å². The van der Waals surface area contributed by atoms with E-state index in [2.05, 4.69) is 265 Å². The standard InChI is InChI=1S/C30H40N4O3S.C29H38N4O3S.C29H37N3O4S.C28H35N3O4S/c1-21(2)34-29(15-16-31-34)38(35,36)32-17-6-7-18-33-27(19-32)30(28(33)20-37-5)25-13-11-24(12-14-25)26-10-8-9-22(3)23(26)4;1-20(2)33-28(14-15-30-33)37(35,36)31-16-5-6-17-32-26(18-31)29(27(32)19-34)24-12-10-23(11-13-24)25-9-7-8-21(3)22(25)4;1-19-9-8-10-25(20(19)2)23-11-13-24(14-12-23)28-26-17-31(15-6-7-16-32(26)27(28)18-35-5)37(33,34)29-21(3)30-36-22(29)4;1-18-8-7-9-24(19(18)2)22-10-12-23(13-11-22)27-25-16-30(14-5-6-15-31(25)26(27)17-32)36(33,34)28-20(3)29-35-21(28)4/h8-16,21,27-28,30H,6-7,17-20H2,1-5H3;7-15,20,26-27,29,34H,5-6,16-19H2,1-4H3;8-14,26-28H,6-7,15-18H2,1-5H3;7-13,25-27,32H,5-6,14-17H2,1-4H3/t27?,28-,30+;26?,27-,29+;26?,27-,28+;25?,26-,27+/m1111/s1. The molecule has 4 aromatic heterocycles. The molecule has 0 radical (unpaired) electrons. The summed E-state index contributed by atoms with van der Waals surface area (Å²) in [5, 5.41) is 37.5. The summed E-state index contributed by atoms with van der Waals surface area (Å²) in [5.74, 6) is 1.20. The van der Waals surface area contributed by atoms with Gasteiger partial charge in [0.1, 0.15) is 21.2 Å². The Morgan fingerprint density at radius 3 is 0.804 bits per heavy atom. The van der Waals surface area contributed by atoms with Crippen molar-refractivity contribution in [2.24, 2.45) is 0 Å². The molecule has 8 aliphatic heterocycles. The predicted octanol–water partition coefficient (Wildman–Crippen LogP) is 18.4. The summed E-state index contributed by atoms with van der Waals surface area (Å²) in [4.78, 5) is 9.91. The second kappa shape index (κ2) is 46.2. The molecule has 8 aromatic carbocycles. The van der Waals surface area contributed by atoms with Crippen LogP contribution in [0, 0.1) is 83.1 Å². The van der Waals surface area contributed by atoms with E-state index in [9.17, 15) is 43.9 Å². The molecule has 12 heterocycles. The summed E-state index contributed by atoms with van der Waals surface area (Å²) < 4.78 is 141.